The molecular weight excluding hydrogens is 520 g/mol. The zero-order chi connectivity index (χ0) is 28.5. The quantitative estimate of drug-likeness (QED) is 0.435. The van der Waals surface area contributed by atoms with Crippen LogP contribution in [0.3, 0.4) is 0 Å². The predicted octanol–water partition coefficient (Wildman–Crippen LogP) is 3.29. The second-order valence-corrected chi connectivity index (χ2v) is 10.8. The van der Waals surface area contributed by atoms with Crippen LogP contribution in [0.1, 0.15) is 63.6 Å². The lowest BCUT2D eigenvalue weighted by Gasteiger charge is -2.32. The van der Waals surface area contributed by atoms with E-state index in [9.17, 15) is 19.2 Å². The molecule has 3 aromatic rings. The standard InChI is InChI=1S/C31H32N6O4/c1-20-10-11-26(29(39)34-20)37-30(40)24-8-5-9-25(28(24)31(37)41)32-17-22-18-33-36(19-22)23-12-14-35(15-13-23)27(38)16-21-6-3-2-4-7-21/h2-9,18-19,23,26,32H,1,10-17H2,(H,34,39). The molecule has 2 aromatic carbocycles. The third-order valence-corrected chi connectivity index (χ3v) is 8.11. The topological polar surface area (TPSA) is 117 Å². The Balaban J connectivity index is 1.07. The van der Waals surface area contributed by atoms with E-state index in [2.05, 4.69) is 22.3 Å². The molecule has 0 spiro atoms. The summed E-state index contributed by atoms with van der Waals surface area (Å²) in [5.74, 6) is -1.16. The molecule has 210 valence electrons. The van der Waals surface area contributed by atoms with E-state index in [1.54, 1.807) is 24.4 Å². The number of carbonyl (C=O) groups excluding carboxylic acids is 4. The van der Waals surface area contributed by atoms with Gasteiger partial charge in [0.25, 0.3) is 11.8 Å². The first-order valence-electron chi connectivity index (χ1n) is 14.0. The van der Waals surface area contributed by atoms with Crippen molar-refractivity contribution in [2.45, 2.75) is 50.7 Å². The maximum atomic E-state index is 13.4. The van der Waals surface area contributed by atoms with Gasteiger partial charge in [-0.3, -0.25) is 28.8 Å². The van der Waals surface area contributed by atoms with Crippen molar-refractivity contribution < 1.29 is 19.2 Å². The van der Waals surface area contributed by atoms with Gasteiger partial charge in [0.15, 0.2) is 0 Å². The fourth-order valence-corrected chi connectivity index (χ4v) is 5.87. The number of fused-ring (bicyclic) bond motifs is 1. The molecule has 1 aromatic heterocycles. The summed E-state index contributed by atoms with van der Waals surface area (Å²) in [6, 6.07) is 14.3. The Bertz CT molecular complexity index is 1520. The lowest BCUT2D eigenvalue weighted by atomic mass is 10.0. The number of hydrogen-bond donors (Lipinski definition) is 2. The number of hydrogen-bond acceptors (Lipinski definition) is 6. The molecule has 0 aliphatic carbocycles. The van der Waals surface area contributed by atoms with Gasteiger partial charge in [-0.15, -0.1) is 0 Å². The zero-order valence-corrected chi connectivity index (χ0v) is 22.7. The molecule has 0 bridgehead atoms. The maximum Gasteiger partial charge on any atom is 0.264 e. The molecule has 10 heteroatoms. The third-order valence-electron chi connectivity index (χ3n) is 8.11. The van der Waals surface area contributed by atoms with Gasteiger partial charge in [-0.05, 0) is 43.4 Å². The van der Waals surface area contributed by atoms with Gasteiger partial charge in [0.1, 0.15) is 6.04 Å². The Kier molecular flexibility index (Phi) is 7.13. The molecule has 4 heterocycles. The van der Waals surface area contributed by atoms with E-state index in [1.165, 1.54) is 0 Å². The minimum absolute atomic E-state index is 0.150. The number of aromatic nitrogens is 2. The van der Waals surface area contributed by atoms with E-state index in [0.717, 1.165) is 28.9 Å². The first kappa shape index (κ1) is 26.5. The van der Waals surface area contributed by atoms with Crippen molar-refractivity contribution in [3.63, 3.8) is 0 Å². The van der Waals surface area contributed by atoms with Crippen molar-refractivity contribution in [3.8, 4) is 0 Å². The minimum atomic E-state index is -0.848. The lowest BCUT2D eigenvalue weighted by molar-refractivity contribution is -0.131. The number of nitrogens with one attached hydrogen (secondary N) is 2. The van der Waals surface area contributed by atoms with Crippen molar-refractivity contribution >= 4 is 29.3 Å². The summed E-state index contributed by atoms with van der Waals surface area (Å²) in [4.78, 5) is 54.8. The summed E-state index contributed by atoms with van der Waals surface area (Å²) >= 11 is 0. The molecule has 0 saturated carbocycles. The average molecular weight is 553 g/mol. The van der Waals surface area contributed by atoms with Crippen LogP contribution in [0.15, 0.2) is 73.2 Å². The summed E-state index contributed by atoms with van der Waals surface area (Å²) in [7, 11) is 0. The molecular formula is C31H32N6O4. The van der Waals surface area contributed by atoms with Gasteiger partial charge >= 0.3 is 0 Å². The summed E-state index contributed by atoms with van der Waals surface area (Å²) in [6.07, 6.45) is 6.73. The average Bonchev–Trinajstić information content (AvgIpc) is 3.56. The number of rotatable bonds is 7. The SMILES string of the molecule is C=C1CCC(N2C(=O)c3cccc(NCc4cnn(C5CCN(C(=O)Cc6ccccc6)CC5)c4)c3C2=O)C(=O)N1. The van der Waals surface area contributed by atoms with Gasteiger partial charge in [-0.1, -0.05) is 43.0 Å². The number of amides is 4. The molecule has 3 aliphatic heterocycles. The highest BCUT2D eigenvalue weighted by Gasteiger charge is 2.45. The predicted molar refractivity (Wildman–Crippen MR) is 152 cm³/mol. The van der Waals surface area contributed by atoms with Crippen molar-refractivity contribution in [2.24, 2.45) is 0 Å². The van der Waals surface area contributed by atoms with Crippen LogP contribution in [0, 0.1) is 0 Å². The number of nitrogens with zero attached hydrogens (tertiary/aromatic N) is 4. The number of anilines is 1. The third kappa shape index (κ3) is 5.25. The number of likely N-dealkylation sites (tertiary alicyclic amines) is 1. The molecule has 2 saturated heterocycles. The monoisotopic (exact) mass is 552 g/mol. The van der Waals surface area contributed by atoms with E-state index in [0.29, 0.717) is 55.8 Å². The summed E-state index contributed by atoms with van der Waals surface area (Å²) in [5.41, 5.74) is 3.67. The van der Waals surface area contributed by atoms with E-state index < -0.39 is 17.9 Å². The minimum Gasteiger partial charge on any atom is -0.380 e. The van der Waals surface area contributed by atoms with Crippen LogP contribution < -0.4 is 10.6 Å². The van der Waals surface area contributed by atoms with Crippen molar-refractivity contribution in [1.29, 1.82) is 0 Å². The second-order valence-electron chi connectivity index (χ2n) is 10.8. The molecule has 2 N–H and O–H groups in total. The van der Waals surface area contributed by atoms with Crippen LogP contribution in [0.5, 0.6) is 0 Å². The van der Waals surface area contributed by atoms with Crippen molar-refractivity contribution in [2.75, 3.05) is 18.4 Å². The molecule has 41 heavy (non-hydrogen) atoms. The van der Waals surface area contributed by atoms with Gasteiger partial charge in [-0.2, -0.15) is 5.10 Å². The summed E-state index contributed by atoms with van der Waals surface area (Å²) < 4.78 is 1.96. The van der Waals surface area contributed by atoms with E-state index in [1.807, 2.05) is 46.1 Å². The van der Waals surface area contributed by atoms with Crippen LogP contribution in [-0.2, 0) is 22.6 Å². The highest BCUT2D eigenvalue weighted by Crippen LogP contribution is 2.33. The largest absolute Gasteiger partial charge is 0.380 e. The number of piperidine rings is 2. The first-order chi connectivity index (χ1) is 19.9. The van der Waals surface area contributed by atoms with E-state index in [4.69, 9.17) is 0 Å². The normalized spacial score (nSPS) is 19.4. The Hall–Kier alpha value is -4.73. The number of benzene rings is 2. The maximum absolute atomic E-state index is 13.4. The Morgan fingerprint density at radius 1 is 0.976 bits per heavy atom. The summed E-state index contributed by atoms with van der Waals surface area (Å²) in [6.45, 7) is 5.57. The smallest absolute Gasteiger partial charge is 0.264 e. The molecule has 1 atom stereocenters. The van der Waals surface area contributed by atoms with Crippen molar-refractivity contribution in [1.82, 2.24) is 24.9 Å². The van der Waals surface area contributed by atoms with Gasteiger partial charge in [0, 0.05) is 42.8 Å². The zero-order valence-electron chi connectivity index (χ0n) is 22.7. The number of imide groups is 1. The number of allylic oxidation sites excluding steroid dienone is 1. The van der Waals surface area contributed by atoms with Crippen LogP contribution in [0.4, 0.5) is 5.69 Å². The van der Waals surface area contributed by atoms with Gasteiger partial charge in [0.2, 0.25) is 11.8 Å². The van der Waals surface area contributed by atoms with Crippen LogP contribution in [0.2, 0.25) is 0 Å². The fourth-order valence-electron chi connectivity index (χ4n) is 5.87. The molecule has 10 nitrogen and oxygen atoms in total. The van der Waals surface area contributed by atoms with Crippen LogP contribution >= 0.6 is 0 Å². The molecule has 2 fully saturated rings. The fraction of sp³-hybridized carbons (Fsp3) is 0.323. The Labute approximate surface area is 238 Å². The van der Waals surface area contributed by atoms with Gasteiger partial charge < -0.3 is 15.5 Å². The lowest BCUT2D eigenvalue weighted by Crippen LogP contribution is -2.51. The van der Waals surface area contributed by atoms with E-state index in [-0.39, 0.29) is 23.4 Å². The molecule has 1 unspecified atom stereocenters. The van der Waals surface area contributed by atoms with Gasteiger partial charge in [0.05, 0.1) is 29.8 Å². The van der Waals surface area contributed by atoms with E-state index >= 15 is 0 Å². The second kappa shape index (κ2) is 11.0. The molecule has 3 aliphatic rings. The highest BCUT2D eigenvalue weighted by atomic mass is 16.2. The van der Waals surface area contributed by atoms with Gasteiger partial charge in [-0.25, -0.2) is 0 Å². The first-order valence-corrected chi connectivity index (χ1v) is 14.0. The molecule has 0 radical (unpaired) electrons. The molecule has 4 amide bonds. The Morgan fingerprint density at radius 2 is 1.76 bits per heavy atom. The van der Waals surface area contributed by atoms with Crippen LogP contribution in [-0.4, -0.2) is 62.3 Å². The summed E-state index contributed by atoms with van der Waals surface area (Å²) in [5, 5.41) is 10.5. The highest BCUT2D eigenvalue weighted by molar-refractivity contribution is 6.25. The van der Waals surface area contributed by atoms with Crippen molar-refractivity contribution in [3.05, 3.63) is 95.5 Å². The number of carbonyl (C=O) groups is 4. The Morgan fingerprint density at radius 3 is 2.51 bits per heavy atom. The van der Waals surface area contributed by atoms with Crippen LogP contribution in [0.25, 0.3) is 0 Å². The molecule has 6 rings (SSSR count).